The van der Waals surface area contributed by atoms with E-state index in [-0.39, 0.29) is 11.9 Å². The molecular formula is C10H18N4O2. The van der Waals surface area contributed by atoms with E-state index in [1.54, 1.807) is 4.90 Å². The molecule has 0 aromatic carbocycles. The normalized spacial score (nSPS) is 12.4. The molecule has 0 saturated carbocycles. The third-order valence-corrected chi connectivity index (χ3v) is 2.42. The molecule has 90 valence electrons. The van der Waals surface area contributed by atoms with Crippen molar-refractivity contribution in [1.82, 2.24) is 20.4 Å². The number of carbonyl (C=O) groups is 1. The molecule has 1 amide bonds. The first-order valence-electron chi connectivity index (χ1n) is 5.46. The van der Waals surface area contributed by atoms with Crippen LogP contribution in [0.3, 0.4) is 0 Å². The topological polar surface area (TPSA) is 71.3 Å². The molecule has 1 aromatic heterocycles. The molecule has 1 atom stereocenters. The van der Waals surface area contributed by atoms with E-state index in [1.807, 2.05) is 20.8 Å². The molecule has 0 saturated heterocycles. The third-order valence-electron chi connectivity index (χ3n) is 2.42. The second-order valence-electron chi connectivity index (χ2n) is 3.46. The molecule has 0 aliphatic rings. The summed E-state index contributed by atoms with van der Waals surface area (Å²) < 4.78 is 4.60. The summed E-state index contributed by atoms with van der Waals surface area (Å²) in [6.45, 7) is 7.65. The van der Waals surface area contributed by atoms with Gasteiger partial charge in [-0.15, -0.1) is 0 Å². The summed E-state index contributed by atoms with van der Waals surface area (Å²) >= 11 is 0. The Morgan fingerprint density at radius 3 is 2.75 bits per heavy atom. The Morgan fingerprint density at radius 1 is 1.56 bits per heavy atom. The minimum atomic E-state index is -0.238. The maximum absolute atomic E-state index is 11.9. The molecule has 0 aliphatic heterocycles. The second kappa shape index (κ2) is 6.22. The lowest BCUT2D eigenvalue weighted by atomic mass is 10.3. The predicted octanol–water partition coefficient (Wildman–Crippen LogP) is 0.416. The van der Waals surface area contributed by atoms with Crippen molar-refractivity contribution in [3.05, 3.63) is 12.2 Å². The van der Waals surface area contributed by atoms with Crippen molar-refractivity contribution >= 4 is 5.91 Å². The smallest absolute Gasteiger partial charge is 0.239 e. The van der Waals surface area contributed by atoms with Gasteiger partial charge in [-0.3, -0.25) is 10.1 Å². The summed E-state index contributed by atoms with van der Waals surface area (Å²) in [6.07, 6.45) is 1.27. The zero-order valence-corrected chi connectivity index (χ0v) is 9.93. The van der Waals surface area contributed by atoms with E-state index in [0.29, 0.717) is 12.4 Å². The molecule has 1 rings (SSSR count). The summed E-state index contributed by atoms with van der Waals surface area (Å²) in [5, 5.41) is 6.72. The number of likely N-dealkylation sites (N-methyl/N-ethyl adjacent to an activating group) is 1. The number of hydrogen-bond acceptors (Lipinski definition) is 5. The number of amides is 1. The van der Waals surface area contributed by atoms with Crippen molar-refractivity contribution < 1.29 is 9.32 Å². The molecule has 0 spiro atoms. The molecule has 0 aliphatic carbocycles. The molecule has 0 radical (unpaired) electrons. The average Bonchev–Trinajstić information content (AvgIpc) is 2.80. The Balaban J connectivity index is 2.39. The van der Waals surface area contributed by atoms with Crippen molar-refractivity contribution in [3.8, 4) is 0 Å². The number of hydrogen-bond donors (Lipinski definition) is 1. The fourth-order valence-corrected chi connectivity index (χ4v) is 1.41. The first kappa shape index (κ1) is 12.6. The van der Waals surface area contributed by atoms with Crippen LogP contribution in [0.25, 0.3) is 0 Å². The Labute approximate surface area is 95.0 Å². The second-order valence-corrected chi connectivity index (χ2v) is 3.46. The van der Waals surface area contributed by atoms with E-state index in [4.69, 9.17) is 0 Å². The maximum Gasteiger partial charge on any atom is 0.239 e. The maximum atomic E-state index is 11.9. The van der Waals surface area contributed by atoms with Crippen LogP contribution in [0.2, 0.25) is 0 Å². The highest BCUT2D eigenvalue weighted by molar-refractivity contribution is 5.81. The molecule has 6 heteroatoms. The van der Waals surface area contributed by atoms with Crippen LogP contribution in [0.4, 0.5) is 0 Å². The molecule has 6 nitrogen and oxygen atoms in total. The quantitative estimate of drug-likeness (QED) is 0.761. The first-order valence-corrected chi connectivity index (χ1v) is 5.46. The lowest BCUT2D eigenvalue weighted by molar-refractivity contribution is -0.132. The Morgan fingerprint density at radius 2 is 2.25 bits per heavy atom. The zero-order valence-electron chi connectivity index (χ0n) is 9.93. The van der Waals surface area contributed by atoms with Crippen LogP contribution >= 0.6 is 0 Å². The van der Waals surface area contributed by atoms with Crippen molar-refractivity contribution in [1.29, 1.82) is 0 Å². The number of aromatic nitrogens is 2. The van der Waals surface area contributed by atoms with Gasteiger partial charge in [0.1, 0.15) is 0 Å². The van der Waals surface area contributed by atoms with Gasteiger partial charge in [0, 0.05) is 13.1 Å². The minimum absolute atomic E-state index is 0.0912. The Bertz CT molecular complexity index is 309. The standard InChI is InChI=1S/C10H18N4O2/c1-4-14(5-2)10(15)8(3)11-6-9-12-7-16-13-9/h7-8,11H,4-6H2,1-3H3. The number of nitrogens with zero attached hydrogens (tertiary/aromatic N) is 3. The van der Waals surface area contributed by atoms with Crippen molar-refractivity contribution in [2.45, 2.75) is 33.4 Å². The van der Waals surface area contributed by atoms with Crippen LogP contribution in [-0.2, 0) is 11.3 Å². The summed E-state index contributed by atoms with van der Waals surface area (Å²) in [5.74, 6) is 0.646. The van der Waals surface area contributed by atoms with E-state index in [2.05, 4.69) is 20.0 Å². The average molecular weight is 226 g/mol. The fraction of sp³-hybridized carbons (Fsp3) is 0.700. The van der Waals surface area contributed by atoms with Gasteiger partial charge in [-0.05, 0) is 20.8 Å². The molecule has 16 heavy (non-hydrogen) atoms. The number of nitrogens with one attached hydrogen (secondary N) is 1. The van der Waals surface area contributed by atoms with Crippen LogP contribution in [0.5, 0.6) is 0 Å². The van der Waals surface area contributed by atoms with Crippen LogP contribution in [0.1, 0.15) is 26.6 Å². The third kappa shape index (κ3) is 3.30. The van der Waals surface area contributed by atoms with Crippen LogP contribution in [-0.4, -0.2) is 40.1 Å². The summed E-state index contributed by atoms with van der Waals surface area (Å²) in [7, 11) is 0. The van der Waals surface area contributed by atoms with E-state index in [9.17, 15) is 4.79 Å². The highest BCUT2D eigenvalue weighted by Gasteiger charge is 2.17. The summed E-state index contributed by atoms with van der Waals surface area (Å²) in [6, 6.07) is -0.238. The minimum Gasteiger partial charge on any atom is -0.343 e. The zero-order chi connectivity index (χ0) is 12.0. The Hall–Kier alpha value is -1.43. The molecule has 1 N–H and O–H groups in total. The van der Waals surface area contributed by atoms with E-state index < -0.39 is 0 Å². The van der Waals surface area contributed by atoms with Crippen LogP contribution < -0.4 is 5.32 Å². The number of carbonyl (C=O) groups excluding carboxylic acids is 1. The van der Waals surface area contributed by atoms with Crippen LogP contribution in [0, 0.1) is 0 Å². The van der Waals surface area contributed by atoms with Gasteiger partial charge in [-0.25, -0.2) is 0 Å². The molecule has 1 unspecified atom stereocenters. The molecule has 0 bridgehead atoms. The van der Waals surface area contributed by atoms with Gasteiger partial charge >= 0.3 is 0 Å². The van der Waals surface area contributed by atoms with Gasteiger partial charge in [-0.1, -0.05) is 5.16 Å². The monoisotopic (exact) mass is 226 g/mol. The van der Waals surface area contributed by atoms with Crippen molar-refractivity contribution in [2.75, 3.05) is 13.1 Å². The fourth-order valence-electron chi connectivity index (χ4n) is 1.41. The van der Waals surface area contributed by atoms with Crippen molar-refractivity contribution in [2.24, 2.45) is 0 Å². The van der Waals surface area contributed by atoms with Gasteiger partial charge in [0.05, 0.1) is 12.6 Å². The van der Waals surface area contributed by atoms with Crippen LogP contribution in [0.15, 0.2) is 10.9 Å². The summed E-state index contributed by atoms with van der Waals surface area (Å²) in [4.78, 5) is 17.5. The predicted molar refractivity (Wildman–Crippen MR) is 58.5 cm³/mol. The molecule has 0 fully saturated rings. The van der Waals surface area contributed by atoms with Gasteiger partial charge in [0.25, 0.3) is 0 Å². The van der Waals surface area contributed by atoms with Gasteiger partial charge in [0.2, 0.25) is 12.3 Å². The van der Waals surface area contributed by atoms with E-state index in [0.717, 1.165) is 13.1 Å². The molecule has 1 heterocycles. The molecular weight excluding hydrogens is 208 g/mol. The highest BCUT2D eigenvalue weighted by atomic mass is 16.5. The lowest BCUT2D eigenvalue weighted by Crippen LogP contribution is -2.44. The van der Waals surface area contributed by atoms with Gasteiger partial charge in [0.15, 0.2) is 5.82 Å². The largest absolute Gasteiger partial charge is 0.343 e. The lowest BCUT2D eigenvalue weighted by Gasteiger charge is -2.23. The highest BCUT2D eigenvalue weighted by Crippen LogP contribution is 1.96. The number of rotatable bonds is 6. The van der Waals surface area contributed by atoms with Crippen molar-refractivity contribution in [3.63, 3.8) is 0 Å². The van der Waals surface area contributed by atoms with Gasteiger partial charge < -0.3 is 9.42 Å². The Kier molecular flexibility index (Phi) is 4.91. The first-order chi connectivity index (χ1) is 7.69. The molecule has 1 aromatic rings. The van der Waals surface area contributed by atoms with E-state index >= 15 is 0 Å². The van der Waals surface area contributed by atoms with Gasteiger partial charge in [-0.2, -0.15) is 4.98 Å². The SMILES string of the molecule is CCN(CC)C(=O)C(C)NCc1ncon1. The summed E-state index contributed by atoms with van der Waals surface area (Å²) in [5.41, 5.74) is 0. The van der Waals surface area contributed by atoms with E-state index in [1.165, 1.54) is 6.39 Å².